The zero-order chi connectivity index (χ0) is 16.9. The Kier molecular flexibility index (Phi) is 5.12. The highest BCUT2D eigenvalue weighted by Gasteiger charge is 2.10. The van der Waals surface area contributed by atoms with Gasteiger partial charge < -0.3 is 0 Å². The van der Waals surface area contributed by atoms with Crippen LogP contribution in [0.1, 0.15) is 38.2 Å². The normalized spacial score (nSPS) is 10.8. The maximum absolute atomic E-state index is 12.3. The van der Waals surface area contributed by atoms with Crippen molar-refractivity contribution in [3.05, 3.63) is 57.7 Å². The number of fused-ring (bicyclic) bond motifs is 1. The van der Waals surface area contributed by atoms with Gasteiger partial charge >= 0.3 is 4.87 Å². The van der Waals surface area contributed by atoms with E-state index in [-0.39, 0.29) is 4.87 Å². The molecule has 0 aliphatic heterocycles. The second kappa shape index (κ2) is 7.46. The molecule has 0 unspecified atom stereocenters. The Morgan fingerprint density at radius 3 is 2.75 bits per heavy atom. The minimum Gasteiger partial charge on any atom is -0.299 e. The summed E-state index contributed by atoms with van der Waals surface area (Å²) in [6.45, 7) is 2.97. The predicted molar refractivity (Wildman–Crippen MR) is 100 cm³/mol. The van der Waals surface area contributed by atoms with Gasteiger partial charge in [0.25, 0.3) is 0 Å². The van der Waals surface area contributed by atoms with Gasteiger partial charge in [0, 0.05) is 6.54 Å². The van der Waals surface area contributed by atoms with Gasteiger partial charge in [-0.25, -0.2) is 0 Å². The van der Waals surface area contributed by atoms with Crippen molar-refractivity contribution in [2.75, 3.05) is 0 Å². The lowest BCUT2D eigenvalue weighted by molar-refractivity contribution is 0.588. The van der Waals surface area contributed by atoms with Crippen molar-refractivity contribution in [1.29, 1.82) is 5.26 Å². The van der Waals surface area contributed by atoms with Crippen molar-refractivity contribution in [2.45, 2.75) is 39.2 Å². The van der Waals surface area contributed by atoms with E-state index in [4.69, 9.17) is 0 Å². The van der Waals surface area contributed by atoms with E-state index >= 15 is 0 Å². The third kappa shape index (κ3) is 3.27. The van der Waals surface area contributed by atoms with Crippen LogP contribution in [0.3, 0.4) is 0 Å². The fraction of sp³-hybridized carbons (Fsp3) is 0.300. The summed E-state index contributed by atoms with van der Waals surface area (Å²) in [6, 6.07) is 15.8. The molecule has 0 atom stereocenters. The van der Waals surface area contributed by atoms with E-state index in [2.05, 4.69) is 13.0 Å². The van der Waals surface area contributed by atoms with E-state index in [9.17, 15) is 10.1 Å². The Balaban J connectivity index is 1.96. The summed E-state index contributed by atoms with van der Waals surface area (Å²) < 4.78 is 2.87. The van der Waals surface area contributed by atoms with E-state index in [1.807, 2.05) is 47.0 Å². The first-order valence-electron chi connectivity index (χ1n) is 8.37. The fourth-order valence-corrected chi connectivity index (χ4v) is 3.93. The minimum atomic E-state index is 0.104. The molecule has 0 aliphatic carbocycles. The molecule has 0 saturated carbocycles. The zero-order valence-corrected chi connectivity index (χ0v) is 14.6. The topological polar surface area (TPSA) is 45.8 Å². The van der Waals surface area contributed by atoms with Crippen molar-refractivity contribution in [1.82, 2.24) is 4.57 Å². The highest BCUT2D eigenvalue weighted by molar-refractivity contribution is 7.16. The third-order valence-corrected chi connectivity index (χ3v) is 5.20. The Labute approximate surface area is 145 Å². The molecule has 0 radical (unpaired) electrons. The Morgan fingerprint density at radius 2 is 1.96 bits per heavy atom. The van der Waals surface area contributed by atoms with Gasteiger partial charge in [-0.2, -0.15) is 5.26 Å². The molecular formula is C20H20N2OS. The number of hydrogen-bond acceptors (Lipinski definition) is 3. The molecule has 0 saturated heterocycles. The van der Waals surface area contributed by atoms with E-state index in [1.165, 1.54) is 24.2 Å². The summed E-state index contributed by atoms with van der Waals surface area (Å²) in [7, 11) is 0. The number of thiazole rings is 1. The molecule has 4 heteroatoms. The first kappa shape index (κ1) is 16.5. The number of nitriles is 1. The standard InChI is InChI=1S/C20H20N2OS/c1-2-3-4-7-12-22-18-11-10-15(13-19(18)24-20(22)23)17-9-6-5-8-16(17)14-21/h5-6,8-11,13H,2-4,7,12H2,1H3. The number of aromatic nitrogens is 1. The molecule has 122 valence electrons. The van der Waals surface area contributed by atoms with Crippen LogP contribution in [0.4, 0.5) is 0 Å². The van der Waals surface area contributed by atoms with Crippen LogP contribution in [-0.4, -0.2) is 4.57 Å². The molecule has 2 aromatic carbocycles. The second-order valence-corrected chi connectivity index (χ2v) is 6.91. The van der Waals surface area contributed by atoms with Gasteiger partial charge in [0.2, 0.25) is 0 Å². The van der Waals surface area contributed by atoms with E-state index in [0.717, 1.165) is 40.7 Å². The van der Waals surface area contributed by atoms with E-state index in [0.29, 0.717) is 5.56 Å². The molecule has 3 rings (SSSR count). The molecule has 0 aliphatic rings. The number of nitrogens with zero attached hydrogens (tertiary/aromatic N) is 2. The summed E-state index contributed by atoms with van der Waals surface area (Å²) in [5, 5.41) is 9.28. The average molecular weight is 336 g/mol. The van der Waals surface area contributed by atoms with Crippen LogP contribution in [0.25, 0.3) is 21.3 Å². The number of aryl methyl sites for hydroxylation is 1. The second-order valence-electron chi connectivity index (χ2n) is 5.92. The number of hydrogen-bond donors (Lipinski definition) is 0. The van der Waals surface area contributed by atoms with Crippen LogP contribution in [0, 0.1) is 11.3 Å². The van der Waals surface area contributed by atoms with Crippen molar-refractivity contribution in [3.63, 3.8) is 0 Å². The molecule has 0 spiro atoms. The van der Waals surface area contributed by atoms with Gasteiger partial charge in [-0.05, 0) is 35.7 Å². The first-order chi connectivity index (χ1) is 11.7. The highest BCUT2D eigenvalue weighted by atomic mass is 32.1. The van der Waals surface area contributed by atoms with Crippen LogP contribution < -0.4 is 4.87 Å². The summed E-state index contributed by atoms with van der Waals surface area (Å²) in [5.41, 5.74) is 3.55. The SMILES string of the molecule is CCCCCCn1c(=O)sc2cc(-c3ccccc3C#N)ccc21. The zero-order valence-electron chi connectivity index (χ0n) is 13.8. The van der Waals surface area contributed by atoms with E-state index < -0.39 is 0 Å². The lowest BCUT2D eigenvalue weighted by Crippen LogP contribution is -2.12. The molecule has 0 N–H and O–H groups in total. The molecule has 0 fully saturated rings. The molecule has 1 aromatic heterocycles. The number of rotatable bonds is 6. The summed E-state index contributed by atoms with van der Waals surface area (Å²) in [6.07, 6.45) is 4.61. The first-order valence-corrected chi connectivity index (χ1v) is 9.19. The van der Waals surface area contributed by atoms with Crippen LogP contribution >= 0.6 is 11.3 Å². The summed E-state index contributed by atoms with van der Waals surface area (Å²) in [5.74, 6) is 0. The van der Waals surface area contributed by atoms with Crippen molar-refractivity contribution < 1.29 is 0 Å². The van der Waals surface area contributed by atoms with Crippen molar-refractivity contribution >= 4 is 21.6 Å². The third-order valence-electron chi connectivity index (χ3n) is 4.26. The smallest absolute Gasteiger partial charge is 0.299 e. The average Bonchev–Trinajstić information content (AvgIpc) is 2.93. The fourth-order valence-electron chi connectivity index (χ4n) is 2.97. The molecule has 24 heavy (non-hydrogen) atoms. The predicted octanol–water partition coefficient (Wildman–Crippen LogP) is 5.18. The van der Waals surface area contributed by atoms with Gasteiger partial charge in [-0.1, -0.05) is 61.8 Å². The van der Waals surface area contributed by atoms with Gasteiger partial charge in [0.1, 0.15) is 0 Å². The lowest BCUT2D eigenvalue weighted by atomic mass is 10.0. The quantitative estimate of drug-likeness (QED) is 0.582. The number of benzene rings is 2. The maximum atomic E-state index is 12.3. The molecule has 3 nitrogen and oxygen atoms in total. The van der Waals surface area contributed by atoms with Crippen LogP contribution in [-0.2, 0) is 6.54 Å². The van der Waals surface area contributed by atoms with Gasteiger partial charge in [-0.3, -0.25) is 9.36 Å². The Hall–Kier alpha value is -2.38. The molecule has 3 aromatic rings. The summed E-state index contributed by atoms with van der Waals surface area (Å²) in [4.78, 5) is 12.4. The maximum Gasteiger partial charge on any atom is 0.308 e. The molecule has 1 heterocycles. The Bertz CT molecular complexity index is 946. The van der Waals surface area contributed by atoms with Crippen LogP contribution in [0.2, 0.25) is 0 Å². The van der Waals surface area contributed by atoms with Crippen LogP contribution in [0.15, 0.2) is 47.3 Å². The Morgan fingerprint density at radius 1 is 1.12 bits per heavy atom. The largest absolute Gasteiger partial charge is 0.308 e. The van der Waals surface area contributed by atoms with Crippen LogP contribution in [0.5, 0.6) is 0 Å². The van der Waals surface area contributed by atoms with Gasteiger partial charge in [-0.15, -0.1) is 0 Å². The van der Waals surface area contributed by atoms with E-state index in [1.54, 1.807) is 0 Å². The van der Waals surface area contributed by atoms with Crippen molar-refractivity contribution in [2.24, 2.45) is 0 Å². The lowest BCUT2D eigenvalue weighted by Gasteiger charge is -2.06. The van der Waals surface area contributed by atoms with Crippen molar-refractivity contribution in [3.8, 4) is 17.2 Å². The van der Waals surface area contributed by atoms with Gasteiger partial charge in [0.05, 0.1) is 21.8 Å². The highest BCUT2D eigenvalue weighted by Crippen LogP contribution is 2.28. The molecule has 0 amide bonds. The minimum absolute atomic E-state index is 0.104. The molecular weight excluding hydrogens is 316 g/mol. The van der Waals surface area contributed by atoms with Gasteiger partial charge in [0.15, 0.2) is 0 Å². The molecule has 0 bridgehead atoms. The summed E-state index contributed by atoms with van der Waals surface area (Å²) >= 11 is 1.29. The number of unbranched alkanes of at least 4 members (excludes halogenated alkanes) is 3. The monoisotopic (exact) mass is 336 g/mol.